The van der Waals surface area contributed by atoms with Crippen LogP contribution in [0.3, 0.4) is 0 Å². The van der Waals surface area contributed by atoms with Gasteiger partial charge >= 0.3 is 0 Å². The number of para-hydroxylation sites is 4. The highest BCUT2D eigenvalue weighted by molar-refractivity contribution is 5.96. The third-order valence-corrected chi connectivity index (χ3v) is 7.73. The number of hydrogen-bond donors (Lipinski definition) is 0. The lowest BCUT2D eigenvalue weighted by atomic mass is 9.98. The second-order valence-corrected chi connectivity index (χ2v) is 10.3. The summed E-state index contributed by atoms with van der Waals surface area (Å²) in [6.07, 6.45) is 0. The minimum Gasteiger partial charge on any atom is -0.457 e. The quantitative estimate of drug-likeness (QED) is 0.207. The van der Waals surface area contributed by atoms with E-state index in [-0.39, 0.29) is 0 Å². The maximum absolute atomic E-state index is 6.28. The smallest absolute Gasteiger partial charge is 0.135 e. The van der Waals surface area contributed by atoms with Crippen LogP contribution in [0.4, 0.5) is 22.7 Å². The molecule has 1 aliphatic heterocycles. The molecule has 0 unspecified atom stereocenters. The molecule has 7 rings (SSSR count). The molecule has 6 aromatic carbocycles. The van der Waals surface area contributed by atoms with E-state index in [2.05, 4.69) is 84.6 Å². The van der Waals surface area contributed by atoms with Gasteiger partial charge in [0.2, 0.25) is 0 Å². The van der Waals surface area contributed by atoms with Gasteiger partial charge in [0.1, 0.15) is 23.0 Å². The molecule has 204 valence electrons. The van der Waals surface area contributed by atoms with Crippen LogP contribution in [0, 0.1) is 0 Å². The van der Waals surface area contributed by atoms with E-state index < -0.39 is 0 Å². The molecule has 0 aromatic heterocycles. The Morgan fingerprint density at radius 1 is 0.381 bits per heavy atom. The Balaban J connectivity index is 1.23. The first-order valence-corrected chi connectivity index (χ1v) is 14.1. The van der Waals surface area contributed by atoms with Gasteiger partial charge < -0.3 is 19.3 Å². The summed E-state index contributed by atoms with van der Waals surface area (Å²) in [4.78, 5) is 4.54. The summed E-state index contributed by atoms with van der Waals surface area (Å²) < 4.78 is 12.6. The van der Waals surface area contributed by atoms with Crippen molar-refractivity contribution in [2.24, 2.45) is 0 Å². The van der Waals surface area contributed by atoms with Gasteiger partial charge in [0.05, 0.1) is 22.7 Å². The maximum atomic E-state index is 6.28. The molecule has 42 heavy (non-hydrogen) atoms. The molecule has 4 heteroatoms. The number of benzene rings is 6. The van der Waals surface area contributed by atoms with Crippen LogP contribution in [0.5, 0.6) is 23.0 Å². The number of fused-ring (bicyclic) bond motifs is 2. The van der Waals surface area contributed by atoms with E-state index in [1.165, 1.54) is 0 Å². The van der Waals surface area contributed by atoms with Crippen LogP contribution >= 0.6 is 0 Å². The van der Waals surface area contributed by atoms with Gasteiger partial charge in [-0.05, 0) is 71.8 Å². The average molecular weight is 547 g/mol. The Bertz CT molecular complexity index is 1730. The number of hydrogen-bond acceptors (Lipinski definition) is 4. The second-order valence-electron chi connectivity index (χ2n) is 10.3. The molecule has 0 fully saturated rings. The third-order valence-electron chi connectivity index (χ3n) is 7.73. The fourth-order valence-corrected chi connectivity index (χ4v) is 5.57. The zero-order valence-electron chi connectivity index (χ0n) is 23.6. The van der Waals surface area contributed by atoms with Crippen molar-refractivity contribution in [2.45, 2.75) is 0 Å². The average Bonchev–Trinajstić information content (AvgIpc) is 3.05. The Hall–Kier alpha value is -5.48. The Morgan fingerprint density at radius 2 is 0.762 bits per heavy atom. The monoisotopic (exact) mass is 546 g/mol. The summed E-state index contributed by atoms with van der Waals surface area (Å²) in [5.41, 5.74) is 8.87. The summed E-state index contributed by atoms with van der Waals surface area (Å²) in [7, 11) is 4.26. The molecule has 6 aromatic rings. The SMILES string of the molecule is CN1c2ccc(-c3ccccc3Oc3ccccc3)cc2N(C)c2ccc(-c3ccccc3Oc3ccccc3)cc21. The molecule has 0 amide bonds. The normalized spacial score (nSPS) is 12.0. The van der Waals surface area contributed by atoms with Crippen molar-refractivity contribution in [3.8, 4) is 45.3 Å². The zero-order chi connectivity index (χ0) is 28.5. The van der Waals surface area contributed by atoms with Crippen molar-refractivity contribution in [1.29, 1.82) is 0 Å². The zero-order valence-corrected chi connectivity index (χ0v) is 23.6. The lowest BCUT2D eigenvalue weighted by Gasteiger charge is -2.37. The lowest BCUT2D eigenvalue weighted by molar-refractivity contribution is 0.484. The third kappa shape index (κ3) is 4.73. The molecular weight excluding hydrogens is 516 g/mol. The largest absolute Gasteiger partial charge is 0.457 e. The first-order valence-electron chi connectivity index (χ1n) is 14.1. The van der Waals surface area contributed by atoms with Crippen LogP contribution in [-0.4, -0.2) is 14.1 Å². The molecule has 1 aliphatic rings. The maximum Gasteiger partial charge on any atom is 0.135 e. The van der Waals surface area contributed by atoms with Crippen molar-refractivity contribution in [2.75, 3.05) is 23.9 Å². The highest BCUT2D eigenvalue weighted by atomic mass is 16.5. The van der Waals surface area contributed by atoms with Crippen molar-refractivity contribution in [3.63, 3.8) is 0 Å². The van der Waals surface area contributed by atoms with E-state index in [0.29, 0.717) is 0 Å². The van der Waals surface area contributed by atoms with Gasteiger partial charge in [-0.1, -0.05) is 84.9 Å². The summed E-state index contributed by atoms with van der Waals surface area (Å²) in [6, 6.07) is 49.5. The van der Waals surface area contributed by atoms with Crippen LogP contribution in [-0.2, 0) is 0 Å². The van der Waals surface area contributed by atoms with Crippen LogP contribution in [0.15, 0.2) is 146 Å². The van der Waals surface area contributed by atoms with Gasteiger partial charge in [-0.2, -0.15) is 0 Å². The Labute approximate surface area is 246 Å². The number of rotatable bonds is 6. The van der Waals surface area contributed by atoms with Gasteiger partial charge in [-0.3, -0.25) is 0 Å². The standard InChI is InChI=1S/C38H30N2O2/c1-39-33-23-21-28(32-18-10-12-20-38(32)42-30-15-7-4-8-16-30)26-36(33)40(2)34-24-22-27(25-35(34)39)31-17-9-11-19-37(31)41-29-13-5-3-6-14-29/h3-26H,1-2H3. The van der Waals surface area contributed by atoms with Gasteiger partial charge in [0.25, 0.3) is 0 Å². The van der Waals surface area contributed by atoms with E-state index in [0.717, 1.165) is 68.0 Å². The Kier molecular flexibility index (Phi) is 6.57. The predicted octanol–water partition coefficient (Wildman–Crippen LogP) is 10.5. The van der Waals surface area contributed by atoms with Crippen LogP contribution in [0.25, 0.3) is 22.3 Å². The lowest BCUT2D eigenvalue weighted by Crippen LogP contribution is -2.24. The van der Waals surface area contributed by atoms with Crippen LogP contribution in [0.2, 0.25) is 0 Å². The second kappa shape index (κ2) is 10.8. The van der Waals surface area contributed by atoms with E-state index in [4.69, 9.17) is 9.47 Å². The molecule has 0 N–H and O–H groups in total. The van der Waals surface area contributed by atoms with E-state index in [9.17, 15) is 0 Å². The fourth-order valence-electron chi connectivity index (χ4n) is 5.57. The summed E-state index contributed by atoms with van der Waals surface area (Å²) in [6.45, 7) is 0. The minimum atomic E-state index is 0.820. The fraction of sp³-hybridized carbons (Fsp3) is 0.0526. The minimum absolute atomic E-state index is 0.820. The van der Waals surface area contributed by atoms with E-state index in [1.54, 1.807) is 0 Å². The topological polar surface area (TPSA) is 24.9 Å². The number of ether oxygens (including phenoxy) is 2. The molecule has 0 radical (unpaired) electrons. The van der Waals surface area contributed by atoms with Gasteiger partial charge in [0.15, 0.2) is 0 Å². The predicted molar refractivity (Wildman–Crippen MR) is 173 cm³/mol. The first-order chi connectivity index (χ1) is 20.7. The van der Waals surface area contributed by atoms with E-state index in [1.807, 2.05) is 84.9 Å². The number of nitrogens with zero attached hydrogens (tertiary/aromatic N) is 2. The number of anilines is 4. The van der Waals surface area contributed by atoms with Gasteiger partial charge in [-0.15, -0.1) is 0 Å². The molecular formula is C38H30N2O2. The summed E-state index contributed by atoms with van der Waals surface area (Å²) >= 11 is 0. The first kappa shape index (κ1) is 25.5. The summed E-state index contributed by atoms with van der Waals surface area (Å²) in [5, 5.41) is 0. The van der Waals surface area contributed by atoms with Crippen molar-refractivity contribution in [3.05, 3.63) is 146 Å². The molecule has 4 nitrogen and oxygen atoms in total. The van der Waals surface area contributed by atoms with Crippen LogP contribution < -0.4 is 19.3 Å². The highest BCUT2D eigenvalue weighted by Gasteiger charge is 2.26. The molecule has 0 atom stereocenters. The molecule has 0 saturated heterocycles. The molecule has 1 heterocycles. The molecule has 0 spiro atoms. The van der Waals surface area contributed by atoms with Crippen molar-refractivity contribution >= 4 is 22.7 Å². The van der Waals surface area contributed by atoms with Gasteiger partial charge in [-0.25, -0.2) is 0 Å². The van der Waals surface area contributed by atoms with Crippen molar-refractivity contribution < 1.29 is 9.47 Å². The van der Waals surface area contributed by atoms with E-state index >= 15 is 0 Å². The van der Waals surface area contributed by atoms with Crippen molar-refractivity contribution in [1.82, 2.24) is 0 Å². The summed E-state index contributed by atoms with van der Waals surface area (Å²) in [5.74, 6) is 3.30. The molecule has 0 bridgehead atoms. The molecule has 0 saturated carbocycles. The molecule has 0 aliphatic carbocycles. The van der Waals surface area contributed by atoms with Crippen LogP contribution in [0.1, 0.15) is 0 Å². The van der Waals surface area contributed by atoms with Gasteiger partial charge in [0, 0.05) is 25.2 Å². The Morgan fingerprint density at radius 3 is 1.19 bits per heavy atom. The highest BCUT2D eigenvalue weighted by Crippen LogP contribution is 2.50.